The van der Waals surface area contributed by atoms with Gasteiger partial charge in [0.1, 0.15) is 5.82 Å². The van der Waals surface area contributed by atoms with Crippen LogP contribution in [0, 0.1) is 5.82 Å². The van der Waals surface area contributed by atoms with Crippen molar-refractivity contribution in [1.82, 2.24) is 10.2 Å². The number of fused-ring (bicyclic) bond motifs is 1. The second-order valence-electron chi connectivity index (χ2n) is 13.3. The number of carbonyl (C=O) groups excluding carboxylic acids is 3. The second kappa shape index (κ2) is 14.1. The molecular formula is C39H40ClFN6O3. The number of benzene rings is 4. The third-order valence-electron chi connectivity index (χ3n) is 9.94. The van der Waals surface area contributed by atoms with Gasteiger partial charge in [0.25, 0.3) is 0 Å². The number of nitrogens with zero attached hydrogens (tertiary/aromatic N) is 4. The van der Waals surface area contributed by atoms with E-state index in [1.54, 1.807) is 19.1 Å². The molecule has 2 N–H and O–H groups in total. The average Bonchev–Trinajstić information content (AvgIpc) is 3.10. The topological polar surface area (TPSA) is 88.2 Å². The summed E-state index contributed by atoms with van der Waals surface area (Å²) in [5.41, 5.74) is 7.35. The van der Waals surface area contributed by atoms with Crippen LogP contribution >= 0.6 is 11.6 Å². The molecule has 50 heavy (non-hydrogen) atoms. The molecule has 4 aromatic carbocycles. The van der Waals surface area contributed by atoms with Crippen LogP contribution in [0.5, 0.6) is 0 Å². The number of anilines is 4. The van der Waals surface area contributed by atoms with Gasteiger partial charge in [-0.05, 0) is 90.7 Å². The largest absolute Gasteiger partial charge is 0.378 e. The van der Waals surface area contributed by atoms with Crippen molar-refractivity contribution >= 4 is 52.2 Å². The van der Waals surface area contributed by atoms with E-state index in [0.29, 0.717) is 22.8 Å². The lowest BCUT2D eigenvalue weighted by Gasteiger charge is -2.40. The van der Waals surface area contributed by atoms with Crippen LogP contribution in [0.1, 0.15) is 43.9 Å². The first-order valence-electron chi connectivity index (χ1n) is 17.1. The number of urea groups is 1. The SMILES string of the molecule is CC(=O)N1c2ccc(-c3ccc(N4CCN(Cc5ccc(N6CCC(=O)NC6=O)cc5F)CC4)cc3)cc2C(Nc2ccc(Cl)cc2)CC1C. The molecule has 11 heteroatoms. The minimum absolute atomic E-state index is 0.0295. The van der Waals surface area contributed by atoms with E-state index in [0.717, 1.165) is 66.4 Å². The average molecular weight is 695 g/mol. The van der Waals surface area contributed by atoms with Gasteiger partial charge < -0.3 is 15.1 Å². The summed E-state index contributed by atoms with van der Waals surface area (Å²) < 4.78 is 15.1. The Bertz CT molecular complexity index is 1910. The van der Waals surface area contributed by atoms with Crippen molar-refractivity contribution in [1.29, 1.82) is 0 Å². The molecule has 9 nitrogen and oxygen atoms in total. The summed E-state index contributed by atoms with van der Waals surface area (Å²) in [7, 11) is 0. The van der Waals surface area contributed by atoms with Gasteiger partial charge in [-0.3, -0.25) is 24.7 Å². The highest BCUT2D eigenvalue weighted by Gasteiger charge is 2.33. The normalized spacial score (nSPS) is 19.6. The maximum Gasteiger partial charge on any atom is 0.328 e. The summed E-state index contributed by atoms with van der Waals surface area (Å²) >= 11 is 6.13. The minimum Gasteiger partial charge on any atom is -0.378 e. The third-order valence-corrected chi connectivity index (χ3v) is 10.2. The van der Waals surface area contributed by atoms with Gasteiger partial charge in [-0.15, -0.1) is 0 Å². The molecule has 2 unspecified atom stereocenters. The Morgan fingerprint density at radius 2 is 1.58 bits per heavy atom. The highest BCUT2D eigenvalue weighted by molar-refractivity contribution is 6.30. The lowest BCUT2D eigenvalue weighted by Crippen LogP contribution is -2.49. The molecule has 0 saturated carbocycles. The van der Waals surface area contributed by atoms with E-state index in [4.69, 9.17) is 11.6 Å². The molecule has 4 amide bonds. The quantitative estimate of drug-likeness (QED) is 0.213. The fraction of sp³-hybridized carbons (Fsp3) is 0.308. The van der Waals surface area contributed by atoms with E-state index in [-0.39, 0.29) is 42.7 Å². The third kappa shape index (κ3) is 7.04. The number of hydrogen-bond acceptors (Lipinski definition) is 6. The molecule has 0 radical (unpaired) electrons. The van der Waals surface area contributed by atoms with E-state index in [9.17, 15) is 14.4 Å². The van der Waals surface area contributed by atoms with Crippen molar-refractivity contribution in [3.63, 3.8) is 0 Å². The summed E-state index contributed by atoms with van der Waals surface area (Å²) in [6.45, 7) is 7.65. The number of piperazine rings is 1. The summed E-state index contributed by atoms with van der Waals surface area (Å²) in [5, 5.41) is 6.64. The van der Waals surface area contributed by atoms with Crippen molar-refractivity contribution in [2.45, 2.75) is 45.3 Å². The first-order chi connectivity index (χ1) is 24.1. The smallest absolute Gasteiger partial charge is 0.328 e. The van der Waals surface area contributed by atoms with Crippen molar-refractivity contribution < 1.29 is 18.8 Å². The molecule has 258 valence electrons. The summed E-state index contributed by atoms with van der Waals surface area (Å²) in [5.74, 6) is -0.641. The molecule has 3 aliphatic rings. The van der Waals surface area contributed by atoms with Gasteiger partial charge >= 0.3 is 6.03 Å². The maximum absolute atomic E-state index is 15.1. The van der Waals surface area contributed by atoms with E-state index < -0.39 is 6.03 Å². The summed E-state index contributed by atoms with van der Waals surface area (Å²) in [6.07, 6.45) is 0.975. The molecule has 2 saturated heterocycles. The molecule has 7 rings (SSSR count). The molecule has 3 heterocycles. The first-order valence-corrected chi connectivity index (χ1v) is 17.4. The Kier molecular flexibility index (Phi) is 9.48. The van der Waals surface area contributed by atoms with Crippen molar-refractivity contribution in [2.75, 3.05) is 52.7 Å². The first kappa shape index (κ1) is 33.6. The molecule has 0 bridgehead atoms. The van der Waals surface area contributed by atoms with Gasteiger partial charge in [-0.2, -0.15) is 0 Å². The molecule has 0 aliphatic carbocycles. The van der Waals surface area contributed by atoms with Crippen molar-refractivity contribution in [2.24, 2.45) is 0 Å². The highest BCUT2D eigenvalue weighted by Crippen LogP contribution is 2.41. The van der Waals surface area contributed by atoms with E-state index in [1.807, 2.05) is 29.2 Å². The van der Waals surface area contributed by atoms with Crippen molar-refractivity contribution in [3.8, 4) is 11.1 Å². The maximum atomic E-state index is 15.1. The van der Waals surface area contributed by atoms with Gasteiger partial charge in [-0.1, -0.05) is 35.9 Å². The van der Waals surface area contributed by atoms with Crippen molar-refractivity contribution in [3.05, 3.63) is 107 Å². The zero-order valence-electron chi connectivity index (χ0n) is 28.2. The molecule has 2 atom stereocenters. The van der Waals surface area contributed by atoms with Crippen LogP contribution in [-0.2, 0) is 16.1 Å². The van der Waals surface area contributed by atoms with Gasteiger partial charge in [0.2, 0.25) is 11.8 Å². The lowest BCUT2D eigenvalue weighted by molar-refractivity contribution is -0.120. The Morgan fingerprint density at radius 1 is 0.880 bits per heavy atom. The zero-order chi connectivity index (χ0) is 34.9. The molecule has 3 aliphatic heterocycles. The van der Waals surface area contributed by atoms with E-state index in [2.05, 4.69) is 69.8 Å². The fourth-order valence-corrected chi connectivity index (χ4v) is 7.45. The number of carbonyl (C=O) groups is 3. The van der Waals surface area contributed by atoms with Crippen LogP contribution in [0.4, 0.5) is 31.9 Å². The van der Waals surface area contributed by atoms with Gasteiger partial charge in [0, 0.05) is 92.0 Å². The minimum atomic E-state index is -0.521. The number of imide groups is 1. The number of nitrogens with one attached hydrogen (secondary N) is 2. The van der Waals surface area contributed by atoms with Crippen LogP contribution in [0.2, 0.25) is 5.02 Å². The Labute approximate surface area is 296 Å². The number of hydrogen-bond donors (Lipinski definition) is 2. The fourth-order valence-electron chi connectivity index (χ4n) is 7.32. The summed E-state index contributed by atoms with van der Waals surface area (Å²) in [6, 6.07) is 27.1. The molecule has 2 fully saturated rings. The zero-order valence-corrected chi connectivity index (χ0v) is 28.9. The second-order valence-corrected chi connectivity index (χ2v) is 13.7. The Balaban J connectivity index is 1.01. The highest BCUT2D eigenvalue weighted by atomic mass is 35.5. The van der Waals surface area contributed by atoms with Gasteiger partial charge in [0.05, 0.1) is 6.04 Å². The van der Waals surface area contributed by atoms with Crippen LogP contribution < -0.4 is 25.3 Å². The lowest BCUT2D eigenvalue weighted by atomic mass is 9.89. The number of amides is 4. The van der Waals surface area contributed by atoms with Crippen LogP contribution in [0.15, 0.2) is 84.9 Å². The van der Waals surface area contributed by atoms with Crippen LogP contribution in [0.3, 0.4) is 0 Å². The predicted molar refractivity (Wildman–Crippen MR) is 196 cm³/mol. The number of halogens is 2. The van der Waals surface area contributed by atoms with E-state index >= 15 is 4.39 Å². The molecular weight excluding hydrogens is 655 g/mol. The Hall–Kier alpha value is -4.93. The standard InChI is InChI=1S/C39H40ClFN6O3/c1-25-21-36(42-31-9-7-30(40)8-10-31)34-22-28(6-14-37(34)47(25)26(2)48)27-3-11-32(12-4-27)45-19-17-44(18-20-45)24-29-5-13-33(23-35(29)41)46-16-15-38(49)43-39(46)50/h3-14,22-23,25,36,42H,15-21,24H2,1-2H3,(H,43,49,50). The Morgan fingerprint density at radius 3 is 2.26 bits per heavy atom. The summed E-state index contributed by atoms with van der Waals surface area (Å²) in [4.78, 5) is 44.2. The molecule has 0 aromatic heterocycles. The van der Waals surface area contributed by atoms with Gasteiger partial charge in [-0.25, -0.2) is 9.18 Å². The molecule has 0 spiro atoms. The predicted octanol–water partition coefficient (Wildman–Crippen LogP) is 7.21. The van der Waals surface area contributed by atoms with Gasteiger partial charge in [0.15, 0.2) is 0 Å². The van der Waals surface area contributed by atoms with E-state index in [1.165, 1.54) is 11.0 Å². The molecule has 4 aromatic rings. The number of rotatable bonds is 7. The van der Waals surface area contributed by atoms with Crippen LogP contribution in [-0.4, -0.2) is 61.5 Å². The monoisotopic (exact) mass is 694 g/mol. The van der Waals surface area contributed by atoms with Crippen LogP contribution in [0.25, 0.3) is 11.1 Å².